The quantitative estimate of drug-likeness (QED) is 0.496. The molecule has 7 nitrogen and oxygen atoms in total. The van der Waals surface area contributed by atoms with E-state index in [1.807, 2.05) is 25.2 Å². The fourth-order valence-electron chi connectivity index (χ4n) is 1.60. The normalized spacial score (nSPS) is 11.7. The molecule has 0 aliphatic rings. The van der Waals surface area contributed by atoms with E-state index in [9.17, 15) is 9.59 Å². The van der Waals surface area contributed by atoms with E-state index >= 15 is 0 Å². The van der Waals surface area contributed by atoms with Crippen LogP contribution in [0.4, 0.5) is 10.5 Å². The molecule has 1 rings (SSSR count). The summed E-state index contributed by atoms with van der Waals surface area (Å²) < 4.78 is 0. The van der Waals surface area contributed by atoms with Crippen molar-refractivity contribution >= 4 is 17.7 Å². The third kappa shape index (κ3) is 5.25. The number of aliphatic hydroxyl groups is 1. The van der Waals surface area contributed by atoms with Gasteiger partial charge in [0.15, 0.2) is 6.10 Å². The number of para-hydroxylation sites is 1. The lowest BCUT2D eigenvalue weighted by Crippen LogP contribution is -2.33. The van der Waals surface area contributed by atoms with Crippen LogP contribution in [0.15, 0.2) is 24.3 Å². The molecule has 5 N–H and O–H groups in total. The van der Waals surface area contributed by atoms with Crippen molar-refractivity contribution in [2.45, 2.75) is 19.1 Å². The van der Waals surface area contributed by atoms with Crippen LogP contribution in [0.1, 0.15) is 12.0 Å². The molecular formula is C13H19N3O4. The van der Waals surface area contributed by atoms with Gasteiger partial charge in [-0.1, -0.05) is 18.2 Å². The smallest absolute Gasteiger partial charge is 0.332 e. The van der Waals surface area contributed by atoms with Crippen molar-refractivity contribution in [3.63, 3.8) is 0 Å². The highest BCUT2D eigenvalue weighted by Gasteiger charge is 2.13. The zero-order valence-electron chi connectivity index (χ0n) is 11.2. The maximum Gasteiger partial charge on any atom is 0.332 e. The highest BCUT2D eigenvalue weighted by Crippen LogP contribution is 2.14. The second-order valence-electron chi connectivity index (χ2n) is 4.21. The third-order valence-electron chi connectivity index (χ3n) is 2.62. The molecule has 0 aromatic heterocycles. The highest BCUT2D eigenvalue weighted by atomic mass is 16.4. The van der Waals surface area contributed by atoms with Gasteiger partial charge >= 0.3 is 12.0 Å². The van der Waals surface area contributed by atoms with E-state index in [1.54, 1.807) is 6.07 Å². The number of nitrogens with one attached hydrogen (secondary N) is 3. The molecule has 1 atom stereocenters. The number of benzene rings is 1. The van der Waals surface area contributed by atoms with Gasteiger partial charge in [0.05, 0.1) is 0 Å². The Labute approximate surface area is 117 Å². The Bertz CT molecular complexity index is 465. The van der Waals surface area contributed by atoms with Crippen molar-refractivity contribution in [3.8, 4) is 0 Å². The van der Waals surface area contributed by atoms with E-state index in [0.29, 0.717) is 12.2 Å². The number of aliphatic carboxylic acids is 1. The minimum Gasteiger partial charge on any atom is -0.479 e. The Morgan fingerprint density at radius 2 is 2.00 bits per heavy atom. The van der Waals surface area contributed by atoms with Crippen molar-refractivity contribution in [2.24, 2.45) is 0 Å². The third-order valence-corrected chi connectivity index (χ3v) is 2.62. The second kappa shape index (κ2) is 8.13. The van der Waals surface area contributed by atoms with Gasteiger partial charge in [-0.15, -0.1) is 0 Å². The van der Waals surface area contributed by atoms with Gasteiger partial charge in [0.1, 0.15) is 0 Å². The number of carboxylic acids is 1. The predicted octanol–water partition coefficient (Wildman–Crippen LogP) is 0.363. The van der Waals surface area contributed by atoms with Crippen LogP contribution in [-0.2, 0) is 11.3 Å². The van der Waals surface area contributed by atoms with Gasteiger partial charge in [-0.25, -0.2) is 9.59 Å². The van der Waals surface area contributed by atoms with Gasteiger partial charge in [-0.2, -0.15) is 0 Å². The van der Waals surface area contributed by atoms with E-state index in [4.69, 9.17) is 10.2 Å². The Kier molecular flexibility index (Phi) is 6.48. The number of rotatable bonds is 7. The van der Waals surface area contributed by atoms with E-state index in [1.165, 1.54) is 0 Å². The summed E-state index contributed by atoms with van der Waals surface area (Å²) in [6.07, 6.45) is -1.51. The minimum absolute atomic E-state index is 0.0408. The van der Waals surface area contributed by atoms with Gasteiger partial charge < -0.3 is 26.2 Å². The fraction of sp³-hybridized carbons (Fsp3) is 0.385. The summed E-state index contributed by atoms with van der Waals surface area (Å²) in [5.41, 5.74) is 1.62. The van der Waals surface area contributed by atoms with Crippen LogP contribution in [0, 0.1) is 0 Å². The molecule has 0 aliphatic heterocycles. The Morgan fingerprint density at radius 1 is 1.30 bits per heavy atom. The summed E-state index contributed by atoms with van der Waals surface area (Å²) >= 11 is 0. The zero-order valence-corrected chi connectivity index (χ0v) is 11.2. The summed E-state index contributed by atoms with van der Waals surface area (Å²) in [5, 5.41) is 25.7. The van der Waals surface area contributed by atoms with E-state index in [-0.39, 0.29) is 13.0 Å². The molecule has 0 heterocycles. The number of carbonyl (C=O) groups is 2. The van der Waals surface area contributed by atoms with Crippen molar-refractivity contribution < 1.29 is 19.8 Å². The number of carboxylic acid groups (broad SMARTS) is 1. The first kappa shape index (κ1) is 15.9. The Hall–Kier alpha value is -2.12. The molecule has 1 aromatic carbocycles. The molecule has 0 fully saturated rings. The molecule has 110 valence electrons. The minimum atomic E-state index is -1.47. The van der Waals surface area contributed by atoms with E-state index in [2.05, 4.69) is 16.0 Å². The van der Waals surface area contributed by atoms with Crippen molar-refractivity contribution in [3.05, 3.63) is 29.8 Å². The van der Waals surface area contributed by atoms with E-state index in [0.717, 1.165) is 5.56 Å². The average Bonchev–Trinajstić information content (AvgIpc) is 2.41. The first-order valence-corrected chi connectivity index (χ1v) is 6.22. The van der Waals surface area contributed by atoms with Crippen molar-refractivity contribution in [1.29, 1.82) is 0 Å². The monoisotopic (exact) mass is 281 g/mol. The average molecular weight is 281 g/mol. The van der Waals surface area contributed by atoms with Gasteiger partial charge in [-0.05, 0) is 18.7 Å². The molecule has 7 heteroatoms. The van der Waals surface area contributed by atoms with Gasteiger partial charge in [-0.3, -0.25) is 0 Å². The molecule has 0 unspecified atom stereocenters. The van der Waals surface area contributed by atoms with Gasteiger partial charge in [0.25, 0.3) is 0 Å². The van der Waals surface area contributed by atoms with Crippen LogP contribution in [0.5, 0.6) is 0 Å². The standard InChI is InChI=1S/C13H19N3O4/c1-14-8-9-4-2-3-5-10(9)16-13(20)15-7-6-11(17)12(18)19/h2-5,11,14,17H,6-8H2,1H3,(H,18,19)(H2,15,16,20)/t11-/m0/s1. The number of hydrogen-bond acceptors (Lipinski definition) is 4. The van der Waals surface area contributed by atoms with Crippen molar-refractivity contribution in [2.75, 3.05) is 18.9 Å². The van der Waals surface area contributed by atoms with E-state index < -0.39 is 18.1 Å². The molecule has 0 saturated heterocycles. The molecule has 1 aromatic rings. The van der Waals surface area contributed by atoms with Gasteiger partial charge in [0, 0.05) is 25.2 Å². The molecule has 0 aliphatic carbocycles. The Balaban J connectivity index is 2.44. The number of aliphatic hydroxyl groups excluding tert-OH is 1. The molecule has 2 amide bonds. The number of amides is 2. The number of carbonyl (C=O) groups excluding carboxylic acids is 1. The summed E-state index contributed by atoms with van der Waals surface area (Å²) in [6.45, 7) is 0.696. The summed E-state index contributed by atoms with van der Waals surface area (Å²) in [5.74, 6) is -1.30. The topological polar surface area (TPSA) is 111 Å². The first-order valence-electron chi connectivity index (χ1n) is 6.22. The summed E-state index contributed by atoms with van der Waals surface area (Å²) in [4.78, 5) is 22.0. The van der Waals surface area contributed by atoms with Crippen LogP contribution < -0.4 is 16.0 Å². The lowest BCUT2D eigenvalue weighted by molar-refractivity contribution is -0.146. The largest absolute Gasteiger partial charge is 0.479 e. The van der Waals surface area contributed by atoms with Crippen LogP contribution in [-0.4, -0.2) is 41.9 Å². The highest BCUT2D eigenvalue weighted by molar-refractivity contribution is 5.90. The summed E-state index contributed by atoms with van der Waals surface area (Å²) in [7, 11) is 1.81. The maximum atomic E-state index is 11.6. The molecule has 0 bridgehead atoms. The SMILES string of the molecule is CNCc1ccccc1NC(=O)NCC[C@H](O)C(=O)O. The fourth-order valence-corrected chi connectivity index (χ4v) is 1.60. The molecular weight excluding hydrogens is 262 g/mol. The van der Waals surface area contributed by atoms with Crippen molar-refractivity contribution in [1.82, 2.24) is 10.6 Å². The summed E-state index contributed by atoms with van der Waals surface area (Å²) in [6, 6.07) is 6.91. The van der Waals surface area contributed by atoms with Crippen LogP contribution in [0.25, 0.3) is 0 Å². The van der Waals surface area contributed by atoms with Crippen LogP contribution in [0.2, 0.25) is 0 Å². The number of urea groups is 1. The second-order valence-corrected chi connectivity index (χ2v) is 4.21. The molecule has 0 spiro atoms. The number of anilines is 1. The van der Waals surface area contributed by atoms with Crippen LogP contribution in [0.3, 0.4) is 0 Å². The lowest BCUT2D eigenvalue weighted by Gasteiger charge is -2.12. The first-order chi connectivity index (χ1) is 9.54. The number of hydrogen-bond donors (Lipinski definition) is 5. The molecule has 0 radical (unpaired) electrons. The van der Waals surface area contributed by atoms with Gasteiger partial charge in [0.2, 0.25) is 0 Å². The Morgan fingerprint density at radius 3 is 2.65 bits per heavy atom. The zero-order chi connectivity index (χ0) is 15.0. The van der Waals surface area contributed by atoms with Crippen LogP contribution >= 0.6 is 0 Å². The lowest BCUT2D eigenvalue weighted by atomic mass is 10.2. The predicted molar refractivity (Wildman–Crippen MR) is 74.5 cm³/mol. The maximum absolute atomic E-state index is 11.6. The molecule has 0 saturated carbocycles. The molecule has 20 heavy (non-hydrogen) atoms.